The lowest BCUT2D eigenvalue weighted by Gasteiger charge is -2.34. The Hall–Kier alpha value is -2.11. The van der Waals surface area contributed by atoms with Crippen molar-refractivity contribution < 1.29 is 33.4 Å². The fourth-order valence-corrected chi connectivity index (χ4v) is 2.95. The highest BCUT2D eigenvalue weighted by atomic mass is 16.6. The molecule has 0 aromatic carbocycles. The molecule has 0 atom stereocenters. The topological polar surface area (TPSA) is 150 Å². The first kappa shape index (κ1) is 28.9. The smallest absolute Gasteiger partial charge is 0.407 e. The molecule has 0 aromatic heterocycles. The average molecular weight is 449 g/mol. The maximum Gasteiger partial charge on any atom is 0.407 e. The quantitative estimate of drug-likeness (QED) is 0.218. The number of rotatable bonds is 15. The van der Waals surface area contributed by atoms with Crippen LogP contribution in [0.3, 0.4) is 0 Å². The van der Waals surface area contributed by atoms with Gasteiger partial charge in [0.1, 0.15) is 19.3 Å². The lowest BCUT2D eigenvalue weighted by Crippen LogP contribution is -2.49. The van der Waals surface area contributed by atoms with E-state index in [9.17, 15) is 14.4 Å². The lowest BCUT2D eigenvalue weighted by atomic mass is 9.89. The normalized spacial score (nSPS) is 11.7. The monoisotopic (exact) mass is 448 g/mol. The predicted octanol–water partition coefficient (Wildman–Crippen LogP) is 1.60. The van der Waals surface area contributed by atoms with Gasteiger partial charge in [0.25, 0.3) is 0 Å². The van der Waals surface area contributed by atoms with E-state index in [0.29, 0.717) is 25.9 Å². The van der Waals surface area contributed by atoms with Crippen LogP contribution in [0.1, 0.15) is 60.8 Å². The zero-order valence-electron chi connectivity index (χ0n) is 19.7. The molecule has 3 amide bonds. The summed E-state index contributed by atoms with van der Waals surface area (Å²) in [6, 6.07) is 0. The molecular weight excluding hydrogens is 408 g/mol. The van der Waals surface area contributed by atoms with E-state index >= 15 is 0 Å². The molecule has 31 heavy (non-hydrogen) atoms. The van der Waals surface area contributed by atoms with Gasteiger partial charge in [-0.05, 0) is 48.0 Å². The SMILES string of the molecule is CCNC(=O)OCC(COC(=O)NCC)OCCCC(=O)NC(C)(C)CC(C)(C)ON. The van der Waals surface area contributed by atoms with Crippen molar-refractivity contribution in [2.45, 2.75) is 78.0 Å². The summed E-state index contributed by atoms with van der Waals surface area (Å²) in [6.07, 6.45) is -0.589. The van der Waals surface area contributed by atoms with Crippen molar-refractivity contribution in [3.05, 3.63) is 0 Å². The number of ether oxygens (including phenoxy) is 3. The van der Waals surface area contributed by atoms with Crippen LogP contribution in [0.2, 0.25) is 0 Å². The Bertz CT molecular complexity index is 534. The van der Waals surface area contributed by atoms with Gasteiger partial charge in [0.05, 0.1) is 5.60 Å². The van der Waals surface area contributed by atoms with E-state index in [1.165, 1.54) is 0 Å². The minimum absolute atomic E-state index is 0.0847. The second-order valence-corrected chi connectivity index (χ2v) is 8.34. The standard InChI is InChI=1S/C20H40N4O7/c1-7-22-17(26)29-12-15(13-30-18(27)23-8-2)28-11-9-10-16(25)24-19(3,4)14-20(5,6)31-21/h15H,7-14,21H2,1-6H3,(H,22,26)(H,23,27)(H,24,25). The predicted molar refractivity (Wildman–Crippen MR) is 115 cm³/mol. The molecule has 0 aromatic rings. The summed E-state index contributed by atoms with van der Waals surface area (Å²) in [6.45, 7) is 11.9. The van der Waals surface area contributed by atoms with E-state index in [-0.39, 0.29) is 32.1 Å². The molecule has 11 nitrogen and oxygen atoms in total. The van der Waals surface area contributed by atoms with Crippen LogP contribution in [0.5, 0.6) is 0 Å². The number of nitrogens with one attached hydrogen (secondary N) is 3. The number of hydrogen-bond acceptors (Lipinski definition) is 8. The van der Waals surface area contributed by atoms with Gasteiger partial charge in [0, 0.05) is 38.1 Å². The second-order valence-electron chi connectivity index (χ2n) is 8.34. The van der Waals surface area contributed by atoms with Crippen LogP contribution < -0.4 is 21.8 Å². The summed E-state index contributed by atoms with van der Waals surface area (Å²) in [5, 5.41) is 7.97. The number of alkyl carbamates (subject to hydrolysis) is 2. The third-order valence-electron chi connectivity index (χ3n) is 4.01. The first-order valence-electron chi connectivity index (χ1n) is 10.6. The first-order valence-corrected chi connectivity index (χ1v) is 10.6. The molecule has 0 saturated carbocycles. The molecular formula is C20H40N4O7. The number of amides is 3. The van der Waals surface area contributed by atoms with Crippen LogP contribution in [0.4, 0.5) is 9.59 Å². The van der Waals surface area contributed by atoms with Gasteiger partial charge in [-0.25, -0.2) is 15.5 Å². The van der Waals surface area contributed by atoms with Gasteiger partial charge in [0.2, 0.25) is 5.91 Å². The maximum absolute atomic E-state index is 12.3. The van der Waals surface area contributed by atoms with E-state index in [2.05, 4.69) is 16.0 Å². The molecule has 0 aliphatic carbocycles. The fraction of sp³-hybridized carbons (Fsp3) is 0.850. The Kier molecular flexibility index (Phi) is 13.8. The maximum atomic E-state index is 12.3. The summed E-state index contributed by atoms with van der Waals surface area (Å²) < 4.78 is 15.8. The summed E-state index contributed by atoms with van der Waals surface area (Å²) >= 11 is 0. The highest BCUT2D eigenvalue weighted by Gasteiger charge is 2.30. The molecule has 5 N–H and O–H groups in total. The lowest BCUT2D eigenvalue weighted by molar-refractivity contribution is -0.124. The van der Waals surface area contributed by atoms with Crippen LogP contribution in [-0.2, 0) is 23.8 Å². The number of carbonyl (C=O) groups excluding carboxylic acids is 3. The Morgan fingerprint density at radius 3 is 1.90 bits per heavy atom. The first-order chi connectivity index (χ1) is 14.4. The van der Waals surface area contributed by atoms with Crippen LogP contribution in [0.25, 0.3) is 0 Å². The highest BCUT2D eigenvalue weighted by molar-refractivity contribution is 5.76. The van der Waals surface area contributed by atoms with Crippen molar-refractivity contribution in [2.75, 3.05) is 32.9 Å². The van der Waals surface area contributed by atoms with E-state index < -0.39 is 29.4 Å². The molecule has 0 unspecified atom stereocenters. The molecule has 0 spiro atoms. The fourth-order valence-electron chi connectivity index (χ4n) is 2.95. The number of nitrogens with two attached hydrogens (primary N) is 1. The molecule has 11 heteroatoms. The molecule has 0 aliphatic heterocycles. The largest absolute Gasteiger partial charge is 0.447 e. The summed E-state index contributed by atoms with van der Waals surface area (Å²) in [7, 11) is 0. The Labute approximate surface area is 185 Å². The van der Waals surface area contributed by atoms with Crippen molar-refractivity contribution in [1.29, 1.82) is 0 Å². The molecule has 0 heterocycles. The summed E-state index contributed by atoms with van der Waals surface area (Å²) in [5.41, 5.74) is -1.06. The van der Waals surface area contributed by atoms with Crippen molar-refractivity contribution >= 4 is 18.1 Å². The van der Waals surface area contributed by atoms with Crippen molar-refractivity contribution in [3.63, 3.8) is 0 Å². The van der Waals surface area contributed by atoms with Crippen LogP contribution >= 0.6 is 0 Å². The molecule has 0 aliphatic rings. The van der Waals surface area contributed by atoms with E-state index in [1.54, 1.807) is 13.8 Å². The molecule has 182 valence electrons. The molecule has 0 radical (unpaired) electrons. The molecule has 0 rings (SSSR count). The average Bonchev–Trinajstić information content (AvgIpc) is 2.65. The van der Waals surface area contributed by atoms with E-state index in [1.807, 2.05) is 27.7 Å². The third kappa shape index (κ3) is 15.4. The Morgan fingerprint density at radius 1 is 0.935 bits per heavy atom. The third-order valence-corrected chi connectivity index (χ3v) is 4.01. The van der Waals surface area contributed by atoms with Crippen molar-refractivity contribution in [1.82, 2.24) is 16.0 Å². The summed E-state index contributed by atoms with van der Waals surface area (Å²) in [5.74, 6) is 5.16. The molecule has 0 saturated heterocycles. The van der Waals surface area contributed by atoms with Gasteiger partial charge in [-0.3, -0.25) is 9.63 Å². The molecule has 0 bridgehead atoms. The number of carbonyl (C=O) groups is 3. The second kappa shape index (κ2) is 14.8. The van der Waals surface area contributed by atoms with E-state index in [4.69, 9.17) is 24.9 Å². The van der Waals surface area contributed by atoms with Gasteiger partial charge < -0.3 is 30.2 Å². The summed E-state index contributed by atoms with van der Waals surface area (Å²) in [4.78, 5) is 40.2. The van der Waals surface area contributed by atoms with Gasteiger partial charge in [0.15, 0.2) is 0 Å². The highest BCUT2D eigenvalue weighted by Crippen LogP contribution is 2.22. The van der Waals surface area contributed by atoms with Gasteiger partial charge in [-0.15, -0.1) is 0 Å². The zero-order chi connectivity index (χ0) is 23.9. The van der Waals surface area contributed by atoms with Gasteiger partial charge in [-0.2, -0.15) is 0 Å². The molecule has 0 fully saturated rings. The Morgan fingerprint density at radius 2 is 1.45 bits per heavy atom. The van der Waals surface area contributed by atoms with E-state index in [0.717, 1.165) is 0 Å². The Balaban J connectivity index is 4.45. The van der Waals surface area contributed by atoms with Crippen molar-refractivity contribution in [3.8, 4) is 0 Å². The van der Waals surface area contributed by atoms with Crippen LogP contribution in [-0.4, -0.2) is 68.2 Å². The van der Waals surface area contributed by atoms with Crippen molar-refractivity contribution in [2.24, 2.45) is 5.90 Å². The van der Waals surface area contributed by atoms with Gasteiger partial charge in [-0.1, -0.05) is 0 Å². The minimum atomic E-state index is -0.646. The number of hydrogen-bond donors (Lipinski definition) is 4. The van der Waals surface area contributed by atoms with Crippen LogP contribution in [0.15, 0.2) is 0 Å². The zero-order valence-corrected chi connectivity index (χ0v) is 19.7. The van der Waals surface area contributed by atoms with Gasteiger partial charge >= 0.3 is 12.2 Å². The van der Waals surface area contributed by atoms with Crippen LogP contribution in [0, 0.1) is 0 Å². The minimum Gasteiger partial charge on any atom is -0.447 e.